The predicted octanol–water partition coefficient (Wildman–Crippen LogP) is 2.06. The van der Waals surface area contributed by atoms with E-state index in [1.807, 2.05) is 0 Å². The van der Waals surface area contributed by atoms with Crippen LogP contribution in [-0.2, 0) is 4.74 Å². The van der Waals surface area contributed by atoms with Crippen LogP contribution in [0.5, 0.6) is 0 Å². The molecule has 14 heavy (non-hydrogen) atoms. The van der Waals surface area contributed by atoms with Crippen molar-refractivity contribution in [1.82, 2.24) is 10.2 Å². The Kier molecular flexibility index (Phi) is 4.50. The SMILES string of the molecule is CCN(c1n[nH]c(=S)s1)C(C)COC. The van der Waals surface area contributed by atoms with Gasteiger partial charge >= 0.3 is 0 Å². The van der Waals surface area contributed by atoms with Gasteiger partial charge in [-0.1, -0.05) is 11.3 Å². The highest BCUT2D eigenvalue weighted by Gasteiger charge is 2.15. The molecule has 0 saturated heterocycles. The molecule has 1 aromatic rings. The van der Waals surface area contributed by atoms with Crippen LogP contribution < -0.4 is 4.90 Å². The summed E-state index contributed by atoms with van der Waals surface area (Å²) in [4.78, 5) is 2.17. The molecule has 0 spiro atoms. The summed E-state index contributed by atoms with van der Waals surface area (Å²) >= 11 is 6.49. The van der Waals surface area contributed by atoms with Crippen molar-refractivity contribution in [2.24, 2.45) is 0 Å². The maximum atomic E-state index is 5.11. The van der Waals surface area contributed by atoms with E-state index < -0.39 is 0 Å². The Balaban J connectivity index is 2.76. The number of aromatic amines is 1. The van der Waals surface area contributed by atoms with Crippen LogP contribution in [0.2, 0.25) is 0 Å². The second-order valence-corrected chi connectivity index (χ2v) is 4.63. The number of ether oxygens (including phenoxy) is 1. The van der Waals surface area contributed by atoms with E-state index in [-0.39, 0.29) is 0 Å². The van der Waals surface area contributed by atoms with Crippen molar-refractivity contribution < 1.29 is 4.74 Å². The maximum absolute atomic E-state index is 5.11. The molecule has 6 heteroatoms. The Hall–Kier alpha value is -0.460. The third kappa shape index (κ3) is 2.76. The lowest BCUT2D eigenvalue weighted by Crippen LogP contribution is -2.36. The summed E-state index contributed by atoms with van der Waals surface area (Å²) in [5, 5.41) is 7.86. The lowest BCUT2D eigenvalue weighted by atomic mass is 10.3. The molecule has 0 aromatic carbocycles. The van der Waals surface area contributed by atoms with Crippen LogP contribution in [-0.4, -0.2) is 36.5 Å². The minimum Gasteiger partial charge on any atom is -0.383 e. The zero-order valence-electron chi connectivity index (χ0n) is 8.61. The molecule has 0 radical (unpaired) electrons. The van der Waals surface area contributed by atoms with Gasteiger partial charge in [0.25, 0.3) is 0 Å². The van der Waals surface area contributed by atoms with Crippen molar-refractivity contribution in [3.8, 4) is 0 Å². The summed E-state index contributed by atoms with van der Waals surface area (Å²) in [6, 6.07) is 0.318. The van der Waals surface area contributed by atoms with Crippen LogP contribution in [0.15, 0.2) is 0 Å². The molecule has 1 N–H and O–H groups in total. The summed E-state index contributed by atoms with van der Waals surface area (Å²) in [5.41, 5.74) is 0. The molecule has 1 heterocycles. The Morgan fingerprint density at radius 3 is 2.86 bits per heavy atom. The zero-order chi connectivity index (χ0) is 10.6. The molecule has 4 nitrogen and oxygen atoms in total. The monoisotopic (exact) mass is 233 g/mol. The van der Waals surface area contributed by atoms with E-state index in [9.17, 15) is 0 Å². The van der Waals surface area contributed by atoms with Crippen molar-refractivity contribution >= 4 is 28.7 Å². The van der Waals surface area contributed by atoms with E-state index in [1.54, 1.807) is 7.11 Å². The third-order valence-corrected chi connectivity index (χ3v) is 3.08. The molecule has 1 atom stereocenters. The second kappa shape index (κ2) is 5.43. The minimum atomic E-state index is 0.318. The topological polar surface area (TPSA) is 41.2 Å². The van der Waals surface area contributed by atoms with Gasteiger partial charge in [0.2, 0.25) is 5.13 Å². The average molecular weight is 233 g/mol. The highest BCUT2D eigenvalue weighted by atomic mass is 32.1. The maximum Gasteiger partial charge on any atom is 0.207 e. The molecular weight excluding hydrogens is 218 g/mol. The number of nitrogens with one attached hydrogen (secondary N) is 1. The lowest BCUT2D eigenvalue weighted by molar-refractivity contribution is 0.182. The summed E-state index contributed by atoms with van der Waals surface area (Å²) in [6.07, 6.45) is 0. The van der Waals surface area contributed by atoms with Gasteiger partial charge in [0.1, 0.15) is 0 Å². The van der Waals surface area contributed by atoms with Crippen molar-refractivity contribution in [1.29, 1.82) is 0 Å². The molecule has 0 amide bonds. The minimum absolute atomic E-state index is 0.318. The number of likely N-dealkylation sites (N-methyl/N-ethyl adjacent to an activating group) is 1. The quantitative estimate of drug-likeness (QED) is 0.790. The summed E-state index contributed by atoms with van der Waals surface area (Å²) < 4.78 is 5.82. The van der Waals surface area contributed by atoms with Gasteiger partial charge in [0.05, 0.1) is 12.6 Å². The van der Waals surface area contributed by atoms with Crippen LogP contribution in [0, 0.1) is 3.95 Å². The summed E-state index contributed by atoms with van der Waals surface area (Å²) in [5.74, 6) is 0. The fourth-order valence-corrected chi connectivity index (χ4v) is 2.36. The van der Waals surface area contributed by atoms with Crippen molar-refractivity contribution in [2.45, 2.75) is 19.9 Å². The first-order chi connectivity index (χ1) is 6.69. The third-order valence-electron chi connectivity index (χ3n) is 1.95. The molecule has 0 bridgehead atoms. The number of H-pyrrole nitrogens is 1. The van der Waals surface area contributed by atoms with Crippen molar-refractivity contribution in [2.75, 3.05) is 25.2 Å². The molecule has 0 fully saturated rings. The van der Waals surface area contributed by atoms with Gasteiger partial charge < -0.3 is 9.64 Å². The molecule has 0 saturated carbocycles. The first-order valence-electron chi connectivity index (χ1n) is 4.50. The zero-order valence-corrected chi connectivity index (χ0v) is 10.2. The van der Waals surface area contributed by atoms with E-state index in [4.69, 9.17) is 17.0 Å². The number of rotatable bonds is 5. The van der Waals surface area contributed by atoms with Gasteiger partial charge in [-0.15, -0.1) is 5.10 Å². The highest BCUT2D eigenvalue weighted by molar-refractivity contribution is 7.73. The Morgan fingerprint density at radius 2 is 2.43 bits per heavy atom. The Bertz CT molecular complexity index is 322. The molecule has 1 aromatic heterocycles. The van der Waals surface area contributed by atoms with Crippen LogP contribution in [0.3, 0.4) is 0 Å². The van der Waals surface area contributed by atoms with E-state index >= 15 is 0 Å². The van der Waals surface area contributed by atoms with Gasteiger partial charge in [-0.25, -0.2) is 0 Å². The predicted molar refractivity (Wildman–Crippen MR) is 61.7 cm³/mol. The first-order valence-corrected chi connectivity index (χ1v) is 5.72. The summed E-state index contributed by atoms with van der Waals surface area (Å²) in [6.45, 7) is 5.80. The molecule has 80 valence electrons. The van der Waals surface area contributed by atoms with E-state index in [0.717, 1.165) is 11.7 Å². The molecule has 1 rings (SSSR count). The van der Waals surface area contributed by atoms with Crippen LogP contribution in [0.25, 0.3) is 0 Å². The highest BCUT2D eigenvalue weighted by Crippen LogP contribution is 2.19. The number of aromatic nitrogens is 2. The van der Waals surface area contributed by atoms with E-state index in [0.29, 0.717) is 16.6 Å². The lowest BCUT2D eigenvalue weighted by Gasteiger charge is -2.26. The first kappa shape index (κ1) is 11.6. The van der Waals surface area contributed by atoms with E-state index in [1.165, 1.54) is 11.3 Å². The van der Waals surface area contributed by atoms with Gasteiger partial charge in [0, 0.05) is 13.7 Å². The standard InChI is InChI=1S/C8H15N3OS2/c1-4-11(6(2)5-12-3)7-9-10-8(13)14-7/h6H,4-5H2,1-3H3,(H,10,13). The number of hydrogen-bond donors (Lipinski definition) is 1. The number of hydrogen-bond acceptors (Lipinski definition) is 5. The molecule has 0 aliphatic rings. The fraction of sp³-hybridized carbons (Fsp3) is 0.750. The second-order valence-electron chi connectivity index (χ2n) is 2.99. The number of methoxy groups -OCH3 is 1. The Morgan fingerprint density at radius 1 is 1.71 bits per heavy atom. The normalized spacial score (nSPS) is 12.8. The fourth-order valence-electron chi connectivity index (χ4n) is 1.31. The van der Waals surface area contributed by atoms with Crippen LogP contribution in [0.1, 0.15) is 13.8 Å². The summed E-state index contributed by atoms with van der Waals surface area (Å²) in [7, 11) is 1.71. The van der Waals surface area contributed by atoms with Crippen molar-refractivity contribution in [3.63, 3.8) is 0 Å². The molecular formula is C8H15N3OS2. The van der Waals surface area contributed by atoms with Crippen LogP contribution in [0.4, 0.5) is 5.13 Å². The number of nitrogens with zero attached hydrogens (tertiary/aromatic N) is 2. The molecule has 1 unspecified atom stereocenters. The van der Waals surface area contributed by atoms with Gasteiger partial charge in [-0.3, -0.25) is 5.10 Å². The van der Waals surface area contributed by atoms with Gasteiger partial charge in [-0.2, -0.15) is 0 Å². The van der Waals surface area contributed by atoms with Crippen LogP contribution >= 0.6 is 23.6 Å². The smallest absolute Gasteiger partial charge is 0.207 e. The molecule has 0 aliphatic heterocycles. The van der Waals surface area contributed by atoms with E-state index in [2.05, 4.69) is 28.9 Å². The van der Waals surface area contributed by atoms with Gasteiger partial charge in [0.15, 0.2) is 3.95 Å². The average Bonchev–Trinajstić information content (AvgIpc) is 2.54. The van der Waals surface area contributed by atoms with Crippen molar-refractivity contribution in [3.05, 3.63) is 3.95 Å². The Labute approximate surface area is 92.9 Å². The number of anilines is 1. The molecule has 0 aliphatic carbocycles. The largest absolute Gasteiger partial charge is 0.383 e. The van der Waals surface area contributed by atoms with Gasteiger partial charge in [-0.05, 0) is 26.1 Å².